The highest BCUT2D eigenvalue weighted by Gasteiger charge is 2.28. The molecule has 2 N–H and O–H groups in total. The summed E-state index contributed by atoms with van der Waals surface area (Å²) in [5.41, 5.74) is 0.237. The average Bonchev–Trinajstić information content (AvgIpc) is 2.90. The highest BCUT2D eigenvalue weighted by atomic mass is 16.3. The molecule has 1 amide bonds. The van der Waals surface area contributed by atoms with Crippen LogP contribution in [0.25, 0.3) is 11.1 Å². The highest BCUT2D eigenvalue weighted by Crippen LogP contribution is 2.26. The topological polar surface area (TPSA) is 91.2 Å². The Morgan fingerprint density at radius 1 is 1.48 bits per heavy atom. The van der Waals surface area contributed by atoms with E-state index in [0.717, 1.165) is 38.9 Å². The number of hydrogen-bond acceptors (Lipinski definition) is 5. The van der Waals surface area contributed by atoms with E-state index in [4.69, 9.17) is 4.42 Å². The number of aryl methyl sites for hydroxylation is 1. The van der Waals surface area contributed by atoms with Crippen molar-refractivity contribution in [3.05, 3.63) is 28.0 Å². The van der Waals surface area contributed by atoms with Gasteiger partial charge < -0.3 is 19.6 Å². The Bertz CT molecular complexity index is 756. The Hall–Kier alpha value is -2.15. The van der Waals surface area contributed by atoms with Crippen LogP contribution >= 0.6 is 0 Å². The molecule has 7 nitrogen and oxygen atoms in total. The fourth-order valence-electron chi connectivity index (χ4n) is 3.24. The van der Waals surface area contributed by atoms with Crippen molar-refractivity contribution in [2.45, 2.75) is 26.2 Å². The van der Waals surface area contributed by atoms with Crippen molar-refractivity contribution in [2.24, 2.45) is 5.92 Å². The number of likely N-dealkylation sites (tertiary alicyclic amines) is 1. The van der Waals surface area contributed by atoms with Crippen molar-refractivity contribution < 1.29 is 9.21 Å². The van der Waals surface area contributed by atoms with Crippen molar-refractivity contribution >= 4 is 17.0 Å². The van der Waals surface area contributed by atoms with Crippen LogP contribution in [0.15, 0.2) is 15.5 Å². The van der Waals surface area contributed by atoms with Crippen LogP contribution in [0.2, 0.25) is 0 Å². The first kappa shape index (κ1) is 15.7. The lowest BCUT2D eigenvalue weighted by molar-refractivity contribution is 0.0687. The van der Waals surface area contributed by atoms with Gasteiger partial charge in [-0.25, -0.2) is 4.98 Å². The molecular weight excluding hydrogens is 296 g/mol. The summed E-state index contributed by atoms with van der Waals surface area (Å²) in [5, 5.41) is 3.42. The minimum absolute atomic E-state index is 0.133. The van der Waals surface area contributed by atoms with Crippen molar-refractivity contribution in [2.75, 3.05) is 26.7 Å². The van der Waals surface area contributed by atoms with Crippen LogP contribution in [0, 0.1) is 12.8 Å². The van der Waals surface area contributed by atoms with Gasteiger partial charge in [-0.2, -0.15) is 0 Å². The van der Waals surface area contributed by atoms with Crippen LogP contribution in [0.4, 0.5) is 0 Å². The quantitative estimate of drug-likeness (QED) is 0.886. The first-order chi connectivity index (χ1) is 11.1. The number of nitrogens with one attached hydrogen (secondary N) is 2. The Balaban J connectivity index is 1.80. The molecule has 7 heteroatoms. The maximum absolute atomic E-state index is 12.8. The molecule has 0 unspecified atom stereocenters. The van der Waals surface area contributed by atoms with Crippen LogP contribution in [0.3, 0.4) is 0 Å². The van der Waals surface area contributed by atoms with Crippen LogP contribution < -0.4 is 10.9 Å². The van der Waals surface area contributed by atoms with Crippen LogP contribution in [-0.2, 0) is 0 Å². The van der Waals surface area contributed by atoms with E-state index in [1.54, 1.807) is 6.92 Å². The highest BCUT2D eigenvalue weighted by molar-refractivity contribution is 6.06. The maximum Gasteiger partial charge on any atom is 0.262 e. The van der Waals surface area contributed by atoms with Gasteiger partial charge >= 0.3 is 0 Å². The van der Waals surface area contributed by atoms with Gasteiger partial charge in [0.25, 0.3) is 11.5 Å². The number of carbonyl (C=O) groups is 1. The van der Waals surface area contributed by atoms with Gasteiger partial charge in [-0.05, 0) is 45.7 Å². The lowest BCUT2D eigenvalue weighted by Gasteiger charge is -2.32. The second kappa shape index (κ2) is 6.54. The van der Waals surface area contributed by atoms with Gasteiger partial charge in [0.15, 0.2) is 0 Å². The van der Waals surface area contributed by atoms with E-state index >= 15 is 0 Å². The third kappa shape index (κ3) is 3.01. The summed E-state index contributed by atoms with van der Waals surface area (Å²) in [7, 11) is 1.96. The Morgan fingerprint density at radius 2 is 2.22 bits per heavy atom. The summed E-state index contributed by atoms with van der Waals surface area (Å²) in [6, 6.07) is 0. The second-order valence-electron chi connectivity index (χ2n) is 6.07. The Labute approximate surface area is 134 Å². The fraction of sp³-hybridized carbons (Fsp3) is 0.562. The summed E-state index contributed by atoms with van der Waals surface area (Å²) in [5.74, 6) is 0.970. The molecule has 0 bridgehead atoms. The predicted molar refractivity (Wildman–Crippen MR) is 86.5 cm³/mol. The normalized spacial score (nSPS) is 16.2. The predicted octanol–water partition coefficient (Wildman–Crippen LogP) is 1.29. The lowest BCUT2D eigenvalue weighted by atomic mass is 9.93. The number of fused-ring (bicyclic) bond motifs is 1. The smallest absolute Gasteiger partial charge is 0.262 e. The minimum atomic E-state index is -0.334. The van der Waals surface area contributed by atoms with Gasteiger partial charge in [0.1, 0.15) is 11.1 Å². The third-order valence-electron chi connectivity index (χ3n) is 4.59. The number of H-pyrrole nitrogens is 1. The third-order valence-corrected chi connectivity index (χ3v) is 4.59. The van der Waals surface area contributed by atoms with Gasteiger partial charge in [-0.15, -0.1) is 0 Å². The monoisotopic (exact) mass is 318 g/mol. The van der Waals surface area contributed by atoms with Gasteiger partial charge in [-0.3, -0.25) is 9.59 Å². The van der Waals surface area contributed by atoms with Crippen molar-refractivity contribution in [3.8, 4) is 0 Å². The Morgan fingerprint density at radius 3 is 2.91 bits per heavy atom. The lowest BCUT2D eigenvalue weighted by Crippen LogP contribution is -2.39. The number of rotatable bonds is 4. The maximum atomic E-state index is 12.8. The summed E-state index contributed by atoms with van der Waals surface area (Å²) in [6.07, 6.45) is 4.42. The summed E-state index contributed by atoms with van der Waals surface area (Å²) in [4.78, 5) is 33.2. The molecule has 3 heterocycles. The number of amides is 1. The molecule has 2 aromatic heterocycles. The first-order valence-electron chi connectivity index (χ1n) is 8.02. The molecule has 0 atom stereocenters. The fourth-order valence-corrected chi connectivity index (χ4v) is 3.24. The number of piperidine rings is 1. The first-order valence-corrected chi connectivity index (χ1v) is 8.02. The molecular formula is C16H22N4O3. The number of aromatic amines is 1. The van der Waals surface area contributed by atoms with Gasteiger partial charge in [0.05, 0.1) is 11.9 Å². The van der Waals surface area contributed by atoms with Crippen LogP contribution in [0.5, 0.6) is 0 Å². The molecule has 0 aliphatic carbocycles. The van der Waals surface area contributed by atoms with Gasteiger partial charge in [-0.1, -0.05) is 0 Å². The summed E-state index contributed by atoms with van der Waals surface area (Å²) >= 11 is 0. The van der Waals surface area contributed by atoms with E-state index in [2.05, 4.69) is 15.3 Å². The van der Waals surface area contributed by atoms with Crippen LogP contribution in [-0.4, -0.2) is 47.5 Å². The van der Waals surface area contributed by atoms with Crippen molar-refractivity contribution in [3.63, 3.8) is 0 Å². The van der Waals surface area contributed by atoms with E-state index in [9.17, 15) is 9.59 Å². The molecule has 0 radical (unpaired) electrons. The zero-order valence-electron chi connectivity index (χ0n) is 13.5. The van der Waals surface area contributed by atoms with Gasteiger partial charge in [0.2, 0.25) is 5.71 Å². The number of aromatic nitrogens is 2. The van der Waals surface area contributed by atoms with E-state index in [0.29, 0.717) is 17.2 Å². The van der Waals surface area contributed by atoms with E-state index in [-0.39, 0.29) is 22.6 Å². The molecule has 2 aromatic rings. The molecule has 0 aromatic carbocycles. The molecule has 0 spiro atoms. The minimum Gasteiger partial charge on any atom is -0.442 e. The molecule has 23 heavy (non-hydrogen) atoms. The number of carbonyl (C=O) groups excluding carboxylic acids is 1. The SMILES string of the molecule is CNCCC1CCN(C(=O)c2c(C)oc3nc[nH]c(=O)c23)CC1. The molecule has 124 valence electrons. The largest absolute Gasteiger partial charge is 0.442 e. The molecule has 0 saturated carbocycles. The molecule has 1 saturated heterocycles. The number of furan rings is 1. The van der Waals surface area contributed by atoms with Crippen molar-refractivity contribution in [1.29, 1.82) is 0 Å². The summed E-state index contributed by atoms with van der Waals surface area (Å²) < 4.78 is 5.48. The zero-order valence-corrected chi connectivity index (χ0v) is 13.5. The standard InChI is InChI=1S/C16H22N4O3/c1-10-12(13-14(21)18-9-19-15(13)23-10)16(22)20-7-4-11(5-8-20)3-6-17-2/h9,11,17H,3-8H2,1-2H3,(H,18,19,21). The molecule has 3 rings (SSSR count). The average molecular weight is 318 g/mol. The van der Waals surface area contributed by atoms with E-state index in [1.807, 2.05) is 11.9 Å². The zero-order chi connectivity index (χ0) is 16.4. The van der Waals surface area contributed by atoms with Crippen molar-refractivity contribution in [1.82, 2.24) is 20.2 Å². The Kier molecular flexibility index (Phi) is 4.47. The number of hydrogen-bond donors (Lipinski definition) is 2. The number of nitrogens with zero attached hydrogens (tertiary/aromatic N) is 2. The molecule has 1 aliphatic rings. The van der Waals surface area contributed by atoms with E-state index < -0.39 is 0 Å². The second-order valence-corrected chi connectivity index (χ2v) is 6.07. The molecule has 1 aliphatic heterocycles. The van der Waals surface area contributed by atoms with Gasteiger partial charge in [0, 0.05) is 13.1 Å². The summed E-state index contributed by atoms with van der Waals surface area (Å²) in [6.45, 7) is 4.15. The van der Waals surface area contributed by atoms with E-state index in [1.165, 1.54) is 6.33 Å². The van der Waals surface area contributed by atoms with Crippen LogP contribution in [0.1, 0.15) is 35.4 Å². The molecule has 1 fully saturated rings.